The minimum absolute atomic E-state index is 0.410. The number of hydrogen-bond acceptors (Lipinski definition) is 5. The summed E-state index contributed by atoms with van der Waals surface area (Å²) in [6.07, 6.45) is -1.86. The second-order valence-electron chi connectivity index (χ2n) is 8.09. The third-order valence-electron chi connectivity index (χ3n) is 6.04. The minimum atomic E-state index is -1.35. The van der Waals surface area contributed by atoms with E-state index in [0.29, 0.717) is 0 Å². The van der Waals surface area contributed by atoms with Gasteiger partial charge in [0.15, 0.2) is 0 Å². The zero-order valence-corrected chi connectivity index (χ0v) is 16.1. The van der Waals surface area contributed by atoms with Crippen molar-refractivity contribution in [1.82, 2.24) is 0 Å². The predicted molar refractivity (Wildman–Crippen MR) is 105 cm³/mol. The van der Waals surface area contributed by atoms with Crippen LogP contribution in [0.4, 0.5) is 0 Å². The van der Waals surface area contributed by atoms with Gasteiger partial charge in [0.25, 0.3) is 0 Å². The van der Waals surface area contributed by atoms with E-state index in [0.717, 1.165) is 42.4 Å². The predicted octanol–water partition coefficient (Wildman–Crippen LogP) is 1.59. The maximum absolute atomic E-state index is 10.6. The van der Waals surface area contributed by atoms with Crippen LogP contribution in [0.3, 0.4) is 0 Å². The first kappa shape index (κ1) is 19.6. The van der Waals surface area contributed by atoms with E-state index in [4.69, 9.17) is 4.74 Å². The number of aryl methyl sites for hydroxylation is 2. The van der Waals surface area contributed by atoms with E-state index in [2.05, 4.69) is 43.3 Å². The molecular weight excluding hydrogens is 356 g/mol. The highest BCUT2D eigenvalue weighted by Gasteiger charge is 2.44. The highest BCUT2D eigenvalue weighted by atomic mass is 16.5. The Kier molecular flexibility index (Phi) is 5.54. The SMILES string of the molecule is Cc1ccc(Cc2cc3c(c([C@@H]4O[C@H](CO)[C@@H](O)[C@H](O)[C@H]4O)c2)CCC3)cc1. The van der Waals surface area contributed by atoms with Crippen LogP contribution in [0.2, 0.25) is 0 Å². The summed E-state index contributed by atoms with van der Waals surface area (Å²) in [4.78, 5) is 0. The van der Waals surface area contributed by atoms with E-state index in [1.54, 1.807) is 0 Å². The average molecular weight is 384 g/mol. The van der Waals surface area contributed by atoms with Crippen LogP contribution in [0.15, 0.2) is 36.4 Å². The van der Waals surface area contributed by atoms with E-state index < -0.39 is 37.1 Å². The number of hydrogen-bond donors (Lipinski definition) is 4. The van der Waals surface area contributed by atoms with Crippen molar-refractivity contribution in [3.63, 3.8) is 0 Å². The maximum Gasteiger partial charge on any atom is 0.113 e. The molecule has 0 bridgehead atoms. The highest BCUT2D eigenvalue weighted by molar-refractivity contribution is 5.45. The average Bonchev–Trinajstić information content (AvgIpc) is 3.16. The summed E-state index contributed by atoms with van der Waals surface area (Å²) in [5.74, 6) is 0. The smallest absolute Gasteiger partial charge is 0.113 e. The lowest BCUT2D eigenvalue weighted by atomic mass is 9.86. The van der Waals surface area contributed by atoms with Crippen LogP contribution in [0.1, 0.15) is 45.9 Å². The molecule has 0 spiro atoms. The zero-order valence-electron chi connectivity index (χ0n) is 16.1. The van der Waals surface area contributed by atoms with Gasteiger partial charge in [0.2, 0.25) is 0 Å². The van der Waals surface area contributed by atoms with Crippen molar-refractivity contribution < 1.29 is 25.2 Å². The summed E-state index contributed by atoms with van der Waals surface area (Å²) in [5.41, 5.74) is 6.86. The molecule has 28 heavy (non-hydrogen) atoms. The molecule has 1 saturated heterocycles. The first-order valence-electron chi connectivity index (χ1n) is 9.98. The summed E-state index contributed by atoms with van der Waals surface area (Å²) in [6, 6.07) is 12.7. The molecule has 1 aliphatic carbocycles. The molecule has 2 aromatic carbocycles. The molecule has 0 aromatic heterocycles. The van der Waals surface area contributed by atoms with Gasteiger partial charge in [-0.2, -0.15) is 0 Å². The van der Waals surface area contributed by atoms with Crippen LogP contribution in [0.25, 0.3) is 0 Å². The van der Waals surface area contributed by atoms with Gasteiger partial charge < -0.3 is 25.2 Å². The minimum Gasteiger partial charge on any atom is -0.394 e. The van der Waals surface area contributed by atoms with Gasteiger partial charge >= 0.3 is 0 Å². The molecule has 2 aliphatic rings. The third kappa shape index (κ3) is 3.61. The molecule has 150 valence electrons. The van der Waals surface area contributed by atoms with Crippen LogP contribution in [0, 0.1) is 6.92 Å². The molecule has 4 N–H and O–H groups in total. The number of aliphatic hydroxyl groups is 4. The fourth-order valence-electron chi connectivity index (χ4n) is 4.46. The molecule has 5 atom stereocenters. The van der Waals surface area contributed by atoms with Crippen molar-refractivity contribution in [1.29, 1.82) is 0 Å². The molecule has 0 radical (unpaired) electrons. The molecule has 0 unspecified atom stereocenters. The Bertz CT molecular complexity index is 830. The second-order valence-corrected chi connectivity index (χ2v) is 8.09. The maximum atomic E-state index is 10.6. The quantitative estimate of drug-likeness (QED) is 0.643. The Morgan fingerprint density at radius 2 is 1.68 bits per heavy atom. The van der Waals surface area contributed by atoms with Gasteiger partial charge in [-0.3, -0.25) is 0 Å². The Balaban J connectivity index is 1.70. The Hall–Kier alpha value is -1.76. The fraction of sp³-hybridized carbons (Fsp3) is 0.478. The Morgan fingerprint density at radius 1 is 0.929 bits per heavy atom. The second kappa shape index (κ2) is 7.93. The topological polar surface area (TPSA) is 90.2 Å². The largest absolute Gasteiger partial charge is 0.394 e. The molecule has 1 heterocycles. The van der Waals surface area contributed by atoms with E-state index in [-0.39, 0.29) is 0 Å². The summed E-state index contributed by atoms with van der Waals surface area (Å²) < 4.78 is 5.85. The molecule has 0 amide bonds. The monoisotopic (exact) mass is 384 g/mol. The third-order valence-corrected chi connectivity index (χ3v) is 6.04. The van der Waals surface area contributed by atoms with Crippen molar-refractivity contribution in [3.05, 3.63) is 69.8 Å². The summed E-state index contributed by atoms with van der Waals surface area (Å²) in [7, 11) is 0. The number of benzene rings is 2. The van der Waals surface area contributed by atoms with Crippen molar-refractivity contribution in [2.45, 2.75) is 63.1 Å². The molecule has 0 saturated carbocycles. The van der Waals surface area contributed by atoms with E-state index in [1.165, 1.54) is 16.7 Å². The lowest BCUT2D eigenvalue weighted by Gasteiger charge is -2.41. The number of fused-ring (bicyclic) bond motifs is 1. The van der Waals surface area contributed by atoms with Crippen molar-refractivity contribution in [2.75, 3.05) is 6.61 Å². The lowest BCUT2D eigenvalue weighted by Crippen LogP contribution is -2.55. The summed E-state index contributed by atoms with van der Waals surface area (Å²) in [6.45, 7) is 1.66. The first-order chi connectivity index (χ1) is 13.5. The van der Waals surface area contributed by atoms with E-state index in [9.17, 15) is 20.4 Å². The zero-order chi connectivity index (χ0) is 19.8. The summed E-state index contributed by atoms with van der Waals surface area (Å²) >= 11 is 0. The van der Waals surface area contributed by atoms with Gasteiger partial charge in [-0.25, -0.2) is 0 Å². The van der Waals surface area contributed by atoms with Gasteiger partial charge in [-0.05, 0) is 60.4 Å². The number of rotatable bonds is 4. The van der Waals surface area contributed by atoms with Crippen LogP contribution in [-0.2, 0) is 24.0 Å². The van der Waals surface area contributed by atoms with Crippen molar-refractivity contribution in [2.24, 2.45) is 0 Å². The van der Waals surface area contributed by atoms with Crippen LogP contribution < -0.4 is 0 Å². The molecule has 5 heteroatoms. The van der Waals surface area contributed by atoms with E-state index >= 15 is 0 Å². The Morgan fingerprint density at radius 3 is 2.39 bits per heavy atom. The summed E-state index contributed by atoms with van der Waals surface area (Å²) in [5, 5.41) is 40.4. The van der Waals surface area contributed by atoms with Gasteiger partial charge in [-0.15, -0.1) is 0 Å². The van der Waals surface area contributed by atoms with Crippen LogP contribution >= 0.6 is 0 Å². The fourth-order valence-corrected chi connectivity index (χ4v) is 4.46. The Labute approximate surface area is 165 Å². The normalized spacial score (nSPS) is 29.7. The van der Waals surface area contributed by atoms with Gasteiger partial charge in [0.05, 0.1) is 6.61 Å². The van der Waals surface area contributed by atoms with Crippen LogP contribution in [-0.4, -0.2) is 51.4 Å². The highest BCUT2D eigenvalue weighted by Crippen LogP contribution is 2.38. The lowest BCUT2D eigenvalue weighted by molar-refractivity contribution is -0.231. The van der Waals surface area contributed by atoms with Crippen molar-refractivity contribution in [3.8, 4) is 0 Å². The standard InChI is InChI=1S/C23H28O5/c1-13-5-7-14(8-6-13)9-15-10-16-3-2-4-17(16)18(11-15)23-22(27)21(26)20(25)19(12-24)28-23/h5-8,10-11,19-27H,2-4,9,12H2,1H3/t19-,20-,21+,22-,23+/m1/s1. The first-order valence-corrected chi connectivity index (χ1v) is 9.98. The van der Waals surface area contributed by atoms with E-state index in [1.807, 2.05) is 0 Å². The molecule has 4 rings (SSSR count). The van der Waals surface area contributed by atoms with Crippen LogP contribution in [0.5, 0.6) is 0 Å². The van der Waals surface area contributed by atoms with Gasteiger partial charge in [-0.1, -0.05) is 42.0 Å². The van der Waals surface area contributed by atoms with Gasteiger partial charge in [0, 0.05) is 0 Å². The molecule has 2 aromatic rings. The molecule has 1 fully saturated rings. The van der Waals surface area contributed by atoms with Gasteiger partial charge in [0.1, 0.15) is 30.5 Å². The number of ether oxygens (including phenoxy) is 1. The molecular formula is C23H28O5. The van der Waals surface area contributed by atoms with Crippen molar-refractivity contribution >= 4 is 0 Å². The number of aliphatic hydroxyl groups excluding tert-OH is 4. The molecule has 5 nitrogen and oxygen atoms in total. The molecule has 1 aliphatic heterocycles.